The quantitative estimate of drug-likeness (QED) is 0.256. The van der Waals surface area contributed by atoms with Gasteiger partial charge in [-0.05, 0) is 70.0 Å². The number of nitrogens with one attached hydrogen (secondary N) is 1. The van der Waals surface area contributed by atoms with E-state index < -0.39 is 5.91 Å². The number of benzene rings is 3. The van der Waals surface area contributed by atoms with Crippen LogP contribution in [0, 0.1) is 17.1 Å². The van der Waals surface area contributed by atoms with Gasteiger partial charge >= 0.3 is 0 Å². The van der Waals surface area contributed by atoms with Gasteiger partial charge in [-0.25, -0.2) is 4.39 Å². The number of hydrogen-bond donors (Lipinski definition) is 1. The van der Waals surface area contributed by atoms with E-state index in [9.17, 15) is 14.4 Å². The van der Waals surface area contributed by atoms with Gasteiger partial charge in [-0.3, -0.25) is 4.79 Å². The summed E-state index contributed by atoms with van der Waals surface area (Å²) in [6.07, 6.45) is 1.42. The van der Waals surface area contributed by atoms with Crippen molar-refractivity contribution in [3.05, 3.63) is 97.1 Å². The summed E-state index contributed by atoms with van der Waals surface area (Å²) in [4.78, 5) is 12.4. The molecule has 1 N–H and O–H groups in total. The molecule has 31 heavy (non-hydrogen) atoms. The predicted molar refractivity (Wildman–Crippen MR) is 126 cm³/mol. The molecule has 3 aromatic carbocycles. The lowest BCUT2D eigenvalue weighted by Crippen LogP contribution is -2.13. The molecule has 1 amide bonds. The van der Waals surface area contributed by atoms with Crippen LogP contribution in [-0.4, -0.2) is 5.91 Å². The fourth-order valence-electron chi connectivity index (χ4n) is 2.61. The third-order valence-corrected chi connectivity index (χ3v) is 5.53. The summed E-state index contributed by atoms with van der Waals surface area (Å²) in [6, 6.07) is 18.4. The molecule has 0 aromatic heterocycles. The molecule has 0 saturated heterocycles. The Balaban J connectivity index is 1.77. The summed E-state index contributed by atoms with van der Waals surface area (Å²) in [7, 11) is 0. The number of rotatable bonds is 6. The van der Waals surface area contributed by atoms with Gasteiger partial charge in [-0.15, -0.1) is 0 Å². The number of carbonyl (C=O) groups excluding carboxylic acids is 1. The molecule has 3 rings (SSSR count). The maximum absolute atomic E-state index is 13.8. The second-order valence-electron chi connectivity index (χ2n) is 6.32. The van der Waals surface area contributed by atoms with Crippen LogP contribution in [0.1, 0.15) is 11.1 Å². The molecule has 0 fully saturated rings. The van der Waals surface area contributed by atoms with E-state index in [0.29, 0.717) is 27.0 Å². The number of ether oxygens (including phenoxy) is 1. The van der Waals surface area contributed by atoms with Crippen molar-refractivity contribution in [2.45, 2.75) is 6.61 Å². The van der Waals surface area contributed by atoms with Gasteiger partial charge in [0.15, 0.2) is 5.75 Å². The summed E-state index contributed by atoms with van der Waals surface area (Å²) in [5.74, 6) is -0.582. The highest BCUT2D eigenvalue weighted by molar-refractivity contribution is 9.10. The molecule has 0 saturated carbocycles. The molecule has 3 aromatic rings. The number of nitriles is 1. The van der Waals surface area contributed by atoms with Gasteiger partial charge in [-0.1, -0.05) is 45.7 Å². The summed E-state index contributed by atoms with van der Waals surface area (Å²) in [6.45, 7) is -0.000773. The fraction of sp³-hybridized carbons (Fsp3) is 0.0435. The van der Waals surface area contributed by atoms with Gasteiger partial charge in [0.2, 0.25) is 0 Å². The Hall–Kier alpha value is -2.66. The first-order valence-corrected chi connectivity index (χ1v) is 10.9. The number of hydrogen-bond acceptors (Lipinski definition) is 3. The van der Waals surface area contributed by atoms with E-state index >= 15 is 0 Å². The Morgan fingerprint density at radius 3 is 2.52 bits per heavy atom. The smallest absolute Gasteiger partial charge is 0.266 e. The normalized spacial score (nSPS) is 11.0. The lowest BCUT2D eigenvalue weighted by Gasteiger charge is -2.12. The maximum Gasteiger partial charge on any atom is 0.266 e. The molecular weight excluding hydrogens is 551 g/mol. The molecular formula is C23H14Br2ClFN2O2. The van der Waals surface area contributed by atoms with Crippen molar-refractivity contribution in [3.8, 4) is 11.8 Å². The van der Waals surface area contributed by atoms with E-state index in [1.54, 1.807) is 54.6 Å². The van der Waals surface area contributed by atoms with E-state index in [-0.39, 0.29) is 23.0 Å². The second kappa shape index (κ2) is 10.6. The minimum absolute atomic E-state index is 0.000773. The Bertz CT molecular complexity index is 1170. The number of carbonyl (C=O) groups is 1. The molecule has 0 aliphatic heterocycles. The highest BCUT2D eigenvalue weighted by atomic mass is 79.9. The van der Waals surface area contributed by atoms with Crippen molar-refractivity contribution in [3.63, 3.8) is 0 Å². The third kappa shape index (κ3) is 6.17. The minimum Gasteiger partial charge on any atom is -0.486 e. The number of halogens is 4. The van der Waals surface area contributed by atoms with E-state index in [2.05, 4.69) is 37.2 Å². The van der Waals surface area contributed by atoms with Gasteiger partial charge < -0.3 is 10.1 Å². The van der Waals surface area contributed by atoms with Crippen LogP contribution in [0.4, 0.5) is 10.1 Å². The molecule has 8 heteroatoms. The zero-order chi connectivity index (χ0) is 22.4. The van der Waals surface area contributed by atoms with Crippen LogP contribution in [0.5, 0.6) is 5.75 Å². The zero-order valence-corrected chi connectivity index (χ0v) is 19.8. The van der Waals surface area contributed by atoms with Crippen molar-refractivity contribution in [1.82, 2.24) is 0 Å². The average Bonchev–Trinajstić information content (AvgIpc) is 2.74. The van der Waals surface area contributed by atoms with Gasteiger partial charge in [0.25, 0.3) is 5.91 Å². The van der Waals surface area contributed by atoms with Crippen molar-refractivity contribution in [2.24, 2.45) is 0 Å². The Kier molecular flexibility index (Phi) is 7.85. The highest BCUT2D eigenvalue weighted by Crippen LogP contribution is 2.36. The summed E-state index contributed by atoms with van der Waals surface area (Å²) in [5.41, 5.74) is 1.39. The largest absolute Gasteiger partial charge is 0.486 e. The first-order valence-electron chi connectivity index (χ1n) is 8.91. The number of amides is 1. The third-order valence-electron chi connectivity index (χ3n) is 4.13. The van der Waals surface area contributed by atoms with Gasteiger partial charge in [-0.2, -0.15) is 5.26 Å². The first kappa shape index (κ1) is 23.0. The first-order chi connectivity index (χ1) is 14.9. The standard InChI is InChI=1S/C23H14Br2ClFN2O2/c24-17-5-7-18(8-6-17)29-23(30)16(12-28)9-14-10-19(25)22(20(26)11-14)31-13-15-3-1-2-4-21(15)27/h1-11H,13H2,(H,29,30)/b16-9-. The molecule has 0 aliphatic carbocycles. The Morgan fingerprint density at radius 2 is 1.87 bits per heavy atom. The van der Waals surface area contributed by atoms with Crippen molar-refractivity contribution < 1.29 is 13.9 Å². The van der Waals surface area contributed by atoms with Gasteiger partial charge in [0, 0.05) is 15.7 Å². The molecule has 0 unspecified atom stereocenters. The molecule has 0 radical (unpaired) electrons. The molecule has 0 atom stereocenters. The Morgan fingerprint density at radius 1 is 1.16 bits per heavy atom. The van der Waals surface area contributed by atoms with E-state index in [4.69, 9.17) is 16.3 Å². The predicted octanol–water partition coefficient (Wildman–Crippen LogP) is 7.13. The van der Waals surface area contributed by atoms with Crippen LogP contribution in [0.25, 0.3) is 6.08 Å². The molecule has 0 heterocycles. The zero-order valence-electron chi connectivity index (χ0n) is 15.8. The second-order valence-corrected chi connectivity index (χ2v) is 8.50. The molecule has 156 valence electrons. The van der Waals surface area contributed by atoms with Crippen LogP contribution in [0.15, 0.2) is 75.2 Å². The fourth-order valence-corrected chi connectivity index (χ4v) is 3.87. The molecule has 4 nitrogen and oxygen atoms in total. The monoisotopic (exact) mass is 562 g/mol. The molecule has 0 spiro atoms. The van der Waals surface area contributed by atoms with Crippen LogP contribution in [-0.2, 0) is 11.4 Å². The number of nitrogens with zero attached hydrogens (tertiary/aromatic N) is 1. The summed E-state index contributed by atoms with van der Waals surface area (Å²) < 4.78 is 20.8. The van der Waals surface area contributed by atoms with Crippen LogP contribution in [0.3, 0.4) is 0 Å². The minimum atomic E-state index is -0.544. The number of anilines is 1. The average molecular weight is 565 g/mol. The van der Waals surface area contributed by atoms with Crippen molar-refractivity contribution in [2.75, 3.05) is 5.32 Å². The summed E-state index contributed by atoms with van der Waals surface area (Å²) >= 11 is 13.0. The van der Waals surface area contributed by atoms with E-state index in [1.165, 1.54) is 12.1 Å². The molecule has 0 bridgehead atoms. The maximum atomic E-state index is 13.8. The van der Waals surface area contributed by atoms with E-state index in [0.717, 1.165) is 4.47 Å². The van der Waals surface area contributed by atoms with Crippen LogP contribution >= 0.6 is 43.5 Å². The highest BCUT2D eigenvalue weighted by Gasteiger charge is 2.13. The Labute approximate surface area is 200 Å². The van der Waals surface area contributed by atoms with Gasteiger partial charge in [0.1, 0.15) is 24.1 Å². The lowest BCUT2D eigenvalue weighted by atomic mass is 10.1. The van der Waals surface area contributed by atoms with E-state index in [1.807, 2.05) is 6.07 Å². The SMILES string of the molecule is N#C/C(=C/c1cc(Cl)c(OCc2ccccc2F)c(Br)c1)C(=O)Nc1ccc(Br)cc1. The lowest BCUT2D eigenvalue weighted by molar-refractivity contribution is -0.112. The van der Waals surface area contributed by atoms with Crippen molar-refractivity contribution in [1.29, 1.82) is 5.26 Å². The van der Waals surface area contributed by atoms with Crippen molar-refractivity contribution >= 4 is 61.1 Å². The molecule has 0 aliphatic rings. The topological polar surface area (TPSA) is 62.1 Å². The van der Waals surface area contributed by atoms with Gasteiger partial charge in [0.05, 0.1) is 9.50 Å². The summed E-state index contributed by atoms with van der Waals surface area (Å²) in [5, 5.41) is 12.3. The van der Waals surface area contributed by atoms with Crippen LogP contribution in [0.2, 0.25) is 5.02 Å². The van der Waals surface area contributed by atoms with Crippen LogP contribution < -0.4 is 10.1 Å².